The van der Waals surface area contributed by atoms with Crippen LogP contribution >= 0.6 is 28.3 Å². The van der Waals surface area contributed by atoms with Crippen molar-refractivity contribution in [3.63, 3.8) is 0 Å². The molecular weight excluding hydrogens is 296 g/mol. The summed E-state index contributed by atoms with van der Waals surface area (Å²) in [5, 5.41) is 9.69. The summed E-state index contributed by atoms with van der Waals surface area (Å²) in [5.41, 5.74) is 6.44. The van der Waals surface area contributed by atoms with Crippen molar-refractivity contribution in [3.05, 3.63) is 34.1 Å². The molecule has 0 saturated carbocycles. The first-order valence-corrected chi connectivity index (χ1v) is 5.73. The van der Waals surface area contributed by atoms with Crippen LogP contribution in [-0.4, -0.2) is 11.2 Å². The highest BCUT2D eigenvalue weighted by Crippen LogP contribution is 2.22. The van der Waals surface area contributed by atoms with Gasteiger partial charge in [0.2, 0.25) is 0 Å². The van der Waals surface area contributed by atoms with Crippen molar-refractivity contribution in [2.24, 2.45) is 5.73 Å². The van der Waals surface area contributed by atoms with Gasteiger partial charge in [0, 0.05) is 4.47 Å². The highest BCUT2D eigenvalue weighted by Gasteiger charge is 2.16. The summed E-state index contributed by atoms with van der Waals surface area (Å²) in [6.07, 6.45) is 0.851. The number of aliphatic hydroxyl groups is 1. The lowest BCUT2D eigenvalue weighted by molar-refractivity contribution is 0.134. The Morgan fingerprint density at radius 1 is 1.44 bits per heavy atom. The summed E-state index contributed by atoms with van der Waals surface area (Å²) < 4.78 is 13.7. The molecule has 16 heavy (non-hydrogen) atoms. The van der Waals surface area contributed by atoms with E-state index in [0.717, 1.165) is 6.42 Å². The maximum absolute atomic E-state index is 13.1. The summed E-state index contributed by atoms with van der Waals surface area (Å²) in [5.74, 6) is -0.349. The molecule has 0 heterocycles. The zero-order valence-corrected chi connectivity index (χ0v) is 11.4. The van der Waals surface area contributed by atoms with Crippen LogP contribution in [0.2, 0.25) is 0 Å². The van der Waals surface area contributed by atoms with Gasteiger partial charge in [-0.1, -0.05) is 29.3 Å². The van der Waals surface area contributed by atoms with Crippen LogP contribution in [0.3, 0.4) is 0 Å². The fourth-order valence-electron chi connectivity index (χ4n) is 1.47. The van der Waals surface area contributed by atoms with Crippen LogP contribution in [0.15, 0.2) is 22.7 Å². The molecule has 0 fully saturated rings. The molecule has 3 N–H and O–H groups in total. The lowest BCUT2D eigenvalue weighted by Gasteiger charge is -2.18. The number of rotatable bonds is 4. The Bertz CT molecular complexity index is 318. The number of aliphatic hydroxyl groups excluding tert-OH is 1. The minimum atomic E-state index is -0.622. The van der Waals surface area contributed by atoms with Crippen LogP contribution in [0.4, 0.5) is 4.39 Å². The van der Waals surface area contributed by atoms with Crippen LogP contribution in [-0.2, 0) is 0 Å². The van der Waals surface area contributed by atoms with Crippen LogP contribution in [0.5, 0.6) is 0 Å². The SMILES string of the molecule is CCC[C@H](O)[C@H](N)c1cc(F)cc(Br)c1.Cl. The molecule has 0 bridgehead atoms. The molecule has 0 aliphatic carbocycles. The van der Waals surface area contributed by atoms with E-state index in [0.29, 0.717) is 16.5 Å². The normalized spacial score (nSPS) is 14.1. The zero-order chi connectivity index (χ0) is 11.4. The molecule has 1 rings (SSSR count). The van der Waals surface area contributed by atoms with Crippen LogP contribution < -0.4 is 5.73 Å². The van der Waals surface area contributed by atoms with Gasteiger partial charge in [-0.3, -0.25) is 0 Å². The molecule has 1 aromatic rings. The van der Waals surface area contributed by atoms with Crippen LogP contribution in [0.1, 0.15) is 31.4 Å². The summed E-state index contributed by atoms with van der Waals surface area (Å²) in [6.45, 7) is 1.97. The third-order valence-electron chi connectivity index (χ3n) is 2.27. The predicted molar refractivity (Wildman–Crippen MR) is 69.2 cm³/mol. The van der Waals surface area contributed by atoms with Gasteiger partial charge in [0.1, 0.15) is 5.82 Å². The minimum Gasteiger partial charge on any atom is -0.391 e. The molecule has 0 aliphatic rings. The number of benzene rings is 1. The van der Waals surface area contributed by atoms with Gasteiger partial charge < -0.3 is 10.8 Å². The van der Waals surface area contributed by atoms with E-state index in [1.165, 1.54) is 12.1 Å². The van der Waals surface area contributed by atoms with Gasteiger partial charge in [0.25, 0.3) is 0 Å². The maximum Gasteiger partial charge on any atom is 0.124 e. The fourth-order valence-corrected chi connectivity index (χ4v) is 1.95. The highest BCUT2D eigenvalue weighted by molar-refractivity contribution is 9.10. The predicted octanol–water partition coefficient (Wildman–Crippen LogP) is 3.17. The zero-order valence-electron chi connectivity index (χ0n) is 8.99. The molecule has 2 atom stereocenters. The third-order valence-corrected chi connectivity index (χ3v) is 2.73. The average Bonchev–Trinajstić information content (AvgIpc) is 2.15. The van der Waals surface area contributed by atoms with Crippen LogP contribution in [0.25, 0.3) is 0 Å². The van der Waals surface area contributed by atoms with E-state index < -0.39 is 12.1 Å². The first-order valence-electron chi connectivity index (χ1n) is 4.94. The Hall–Kier alpha value is -0.160. The van der Waals surface area contributed by atoms with Crippen molar-refractivity contribution in [3.8, 4) is 0 Å². The van der Waals surface area contributed by atoms with E-state index in [-0.39, 0.29) is 18.2 Å². The second-order valence-electron chi connectivity index (χ2n) is 3.58. The monoisotopic (exact) mass is 311 g/mol. The summed E-state index contributed by atoms with van der Waals surface area (Å²) in [7, 11) is 0. The van der Waals surface area contributed by atoms with Crippen molar-refractivity contribution in [2.45, 2.75) is 31.9 Å². The van der Waals surface area contributed by atoms with Crippen molar-refractivity contribution in [1.29, 1.82) is 0 Å². The first kappa shape index (κ1) is 15.8. The van der Waals surface area contributed by atoms with Gasteiger partial charge in [-0.2, -0.15) is 0 Å². The molecule has 0 spiro atoms. The Kier molecular flexibility index (Phi) is 7.15. The van der Waals surface area contributed by atoms with Gasteiger partial charge in [-0.05, 0) is 30.2 Å². The molecule has 0 unspecified atom stereocenters. The number of halogens is 3. The van der Waals surface area contributed by atoms with E-state index in [9.17, 15) is 9.50 Å². The molecule has 1 aromatic carbocycles. The second-order valence-corrected chi connectivity index (χ2v) is 4.50. The Balaban J connectivity index is 0.00000225. The van der Waals surface area contributed by atoms with Crippen molar-refractivity contribution >= 4 is 28.3 Å². The minimum absolute atomic E-state index is 0. The molecule has 0 aliphatic heterocycles. The number of hydrogen-bond donors (Lipinski definition) is 2. The first-order chi connectivity index (χ1) is 7.04. The van der Waals surface area contributed by atoms with E-state index in [4.69, 9.17) is 5.73 Å². The number of hydrogen-bond acceptors (Lipinski definition) is 2. The summed E-state index contributed by atoms with van der Waals surface area (Å²) in [4.78, 5) is 0. The molecule has 0 aromatic heterocycles. The average molecular weight is 313 g/mol. The van der Waals surface area contributed by atoms with Crippen molar-refractivity contribution in [1.82, 2.24) is 0 Å². The van der Waals surface area contributed by atoms with E-state index in [2.05, 4.69) is 15.9 Å². The van der Waals surface area contributed by atoms with E-state index >= 15 is 0 Å². The molecular formula is C11H16BrClFNO. The standard InChI is InChI=1S/C11H15BrFNO.ClH/c1-2-3-10(15)11(14)7-4-8(12)6-9(13)5-7;/h4-6,10-11,15H,2-3,14H2,1H3;1H/t10-,11+;/m0./s1. The fraction of sp³-hybridized carbons (Fsp3) is 0.455. The lowest BCUT2D eigenvalue weighted by Crippen LogP contribution is -2.26. The molecule has 0 saturated heterocycles. The second kappa shape index (κ2) is 7.22. The molecule has 92 valence electrons. The van der Waals surface area contributed by atoms with Gasteiger partial charge in [-0.15, -0.1) is 12.4 Å². The topological polar surface area (TPSA) is 46.2 Å². The Labute approximate surface area is 110 Å². The molecule has 0 amide bonds. The summed E-state index contributed by atoms with van der Waals surface area (Å²) >= 11 is 3.19. The van der Waals surface area contributed by atoms with Gasteiger partial charge in [0.05, 0.1) is 12.1 Å². The van der Waals surface area contributed by atoms with Gasteiger partial charge >= 0.3 is 0 Å². The number of nitrogens with two attached hydrogens (primary N) is 1. The van der Waals surface area contributed by atoms with Crippen molar-refractivity contribution in [2.75, 3.05) is 0 Å². The summed E-state index contributed by atoms with van der Waals surface area (Å²) in [6, 6.07) is 3.92. The van der Waals surface area contributed by atoms with Gasteiger partial charge in [-0.25, -0.2) is 4.39 Å². The third kappa shape index (κ3) is 4.37. The largest absolute Gasteiger partial charge is 0.391 e. The lowest BCUT2D eigenvalue weighted by atomic mass is 9.99. The maximum atomic E-state index is 13.1. The van der Waals surface area contributed by atoms with E-state index in [1.807, 2.05) is 6.92 Å². The smallest absolute Gasteiger partial charge is 0.124 e. The molecule has 5 heteroatoms. The van der Waals surface area contributed by atoms with Crippen LogP contribution in [0, 0.1) is 5.82 Å². The Morgan fingerprint density at radius 2 is 2.06 bits per heavy atom. The molecule has 2 nitrogen and oxygen atoms in total. The highest BCUT2D eigenvalue weighted by atomic mass is 79.9. The van der Waals surface area contributed by atoms with Gasteiger partial charge in [0.15, 0.2) is 0 Å². The van der Waals surface area contributed by atoms with E-state index in [1.54, 1.807) is 6.07 Å². The molecule has 0 radical (unpaired) electrons. The quantitative estimate of drug-likeness (QED) is 0.897. The Morgan fingerprint density at radius 3 is 2.56 bits per heavy atom. The van der Waals surface area contributed by atoms with Crippen molar-refractivity contribution < 1.29 is 9.50 Å².